The van der Waals surface area contributed by atoms with Crippen molar-refractivity contribution in [3.05, 3.63) is 35.0 Å². The molecular weight excluding hydrogens is 446 g/mol. The lowest BCUT2D eigenvalue weighted by Gasteiger charge is -2.26. The number of hydrogen-bond donors (Lipinski definition) is 3. The summed E-state index contributed by atoms with van der Waals surface area (Å²) in [5, 5.41) is 13.8. The van der Waals surface area contributed by atoms with Crippen molar-refractivity contribution in [1.29, 1.82) is 0 Å². The molecule has 9 nitrogen and oxygen atoms in total. The zero-order chi connectivity index (χ0) is 22.9. The zero-order valence-corrected chi connectivity index (χ0v) is 18.8. The van der Waals surface area contributed by atoms with Gasteiger partial charge in [-0.05, 0) is 49.4 Å². The normalized spacial score (nSPS) is 21.0. The summed E-state index contributed by atoms with van der Waals surface area (Å²) in [5.74, 6) is 1.30. The van der Waals surface area contributed by atoms with E-state index < -0.39 is 0 Å². The number of benzene rings is 1. The van der Waals surface area contributed by atoms with Crippen molar-refractivity contribution in [3.63, 3.8) is 0 Å². The third-order valence-corrected chi connectivity index (χ3v) is 6.60. The Bertz CT molecular complexity index is 1180. The van der Waals surface area contributed by atoms with Crippen LogP contribution in [0.25, 0.3) is 22.3 Å². The molecule has 2 aliphatic rings. The number of nitrogen functional groups attached to an aromatic ring is 1. The number of ether oxygens (including phenoxy) is 1. The Labute approximate surface area is 195 Å². The second-order valence-electron chi connectivity index (χ2n) is 8.57. The number of aromatic nitrogens is 2. The first kappa shape index (κ1) is 21.9. The number of carbonyl (C=O) groups is 1. The lowest BCUT2D eigenvalue weighted by Crippen LogP contribution is -2.40. The molecule has 0 unspecified atom stereocenters. The van der Waals surface area contributed by atoms with Gasteiger partial charge >= 0.3 is 0 Å². The van der Waals surface area contributed by atoms with Crippen LogP contribution in [0.2, 0.25) is 5.15 Å². The Morgan fingerprint density at radius 2 is 2.06 bits per heavy atom. The first-order valence-electron chi connectivity index (χ1n) is 11.1. The Kier molecular flexibility index (Phi) is 6.09. The van der Waals surface area contributed by atoms with E-state index in [2.05, 4.69) is 15.3 Å². The van der Waals surface area contributed by atoms with Crippen LogP contribution in [-0.2, 0) is 4.74 Å². The minimum atomic E-state index is -0.0289. The van der Waals surface area contributed by atoms with Gasteiger partial charge in [-0.1, -0.05) is 11.6 Å². The van der Waals surface area contributed by atoms with E-state index in [9.17, 15) is 9.90 Å². The molecule has 2 fully saturated rings. The molecule has 33 heavy (non-hydrogen) atoms. The van der Waals surface area contributed by atoms with Crippen LogP contribution in [0.15, 0.2) is 28.7 Å². The number of fused-ring (bicyclic) bond motifs is 1. The quantitative estimate of drug-likeness (QED) is 0.484. The standard InChI is InChI=1S/C23H26ClN5O4/c24-20-19(21(28-23(25)27-20)26-16-3-1-13(9-16)12-30)18-11-15-10-14(2-4-17(15)33-18)22(31)29-5-7-32-8-6-29/h2,4,10-11,13,16,30H,1,3,5-9,12H2,(H3,25,26,27,28)/t13-,16+/m1/s1. The van der Waals surface area contributed by atoms with Crippen LogP contribution < -0.4 is 11.1 Å². The number of halogens is 1. The summed E-state index contributed by atoms with van der Waals surface area (Å²) >= 11 is 6.48. The van der Waals surface area contributed by atoms with Gasteiger partial charge in [0.25, 0.3) is 5.91 Å². The highest BCUT2D eigenvalue weighted by Gasteiger charge is 2.27. The largest absolute Gasteiger partial charge is 0.456 e. The number of carbonyl (C=O) groups excluding carboxylic acids is 1. The summed E-state index contributed by atoms with van der Waals surface area (Å²) in [4.78, 5) is 23.1. The van der Waals surface area contributed by atoms with Crippen molar-refractivity contribution in [2.24, 2.45) is 5.92 Å². The van der Waals surface area contributed by atoms with Gasteiger partial charge in [-0.15, -0.1) is 0 Å². The lowest BCUT2D eigenvalue weighted by atomic mass is 10.1. The van der Waals surface area contributed by atoms with Gasteiger partial charge in [0.15, 0.2) is 0 Å². The summed E-state index contributed by atoms with van der Waals surface area (Å²) in [6, 6.07) is 7.36. The molecule has 5 rings (SSSR count). The molecule has 1 saturated heterocycles. The third kappa shape index (κ3) is 4.48. The molecule has 0 radical (unpaired) electrons. The van der Waals surface area contributed by atoms with Crippen LogP contribution in [0, 0.1) is 5.92 Å². The number of hydrogen-bond acceptors (Lipinski definition) is 8. The van der Waals surface area contributed by atoms with Gasteiger partial charge in [0.2, 0.25) is 5.95 Å². The number of nitrogens with two attached hydrogens (primary N) is 1. The minimum absolute atomic E-state index is 0.0289. The summed E-state index contributed by atoms with van der Waals surface area (Å²) < 4.78 is 11.4. The van der Waals surface area contributed by atoms with Gasteiger partial charge in [-0.3, -0.25) is 4.79 Å². The van der Waals surface area contributed by atoms with E-state index in [1.165, 1.54) is 0 Å². The van der Waals surface area contributed by atoms with Gasteiger partial charge in [0.05, 0.1) is 18.8 Å². The van der Waals surface area contributed by atoms with Crippen LogP contribution in [0.3, 0.4) is 0 Å². The highest BCUT2D eigenvalue weighted by Crippen LogP contribution is 2.38. The number of amides is 1. The molecule has 3 heterocycles. The van der Waals surface area contributed by atoms with Gasteiger partial charge < -0.3 is 30.2 Å². The number of anilines is 2. The predicted molar refractivity (Wildman–Crippen MR) is 125 cm³/mol. The first-order valence-corrected chi connectivity index (χ1v) is 11.5. The molecule has 10 heteroatoms. The number of aliphatic hydroxyl groups excluding tert-OH is 1. The molecule has 2 atom stereocenters. The van der Waals surface area contributed by atoms with E-state index in [4.69, 9.17) is 26.5 Å². The molecule has 2 aromatic heterocycles. The van der Waals surface area contributed by atoms with E-state index >= 15 is 0 Å². The van der Waals surface area contributed by atoms with Crippen LogP contribution in [0.1, 0.15) is 29.6 Å². The Morgan fingerprint density at radius 1 is 1.24 bits per heavy atom. The fourth-order valence-corrected chi connectivity index (χ4v) is 4.86. The number of furan rings is 1. The van der Waals surface area contributed by atoms with Crippen LogP contribution in [0.5, 0.6) is 0 Å². The summed E-state index contributed by atoms with van der Waals surface area (Å²) in [6.45, 7) is 2.44. The number of rotatable bonds is 5. The third-order valence-electron chi connectivity index (χ3n) is 6.33. The highest BCUT2D eigenvalue weighted by molar-refractivity contribution is 6.32. The first-order chi connectivity index (χ1) is 16.0. The van der Waals surface area contributed by atoms with E-state index in [1.807, 2.05) is 12.1 Å². The van der Waals surface area contributed by atoms with Crippen molar-refractivity contribution in [3.8, 4) is 11.3 Å². The molecule has 1 aliphatic heterocycles. The Balaban J connectivity index is 1.46. The molecule has 1 aliphatic carbocycles. The maximum atomic E-state index is 12.9. The number of nitrogens with one attached hydrogen (secondary N) is 1. The second-order valence-corrected chi connectivity index (χ2v) is 8.92. The topological polar surface area (TPSA) is 127 Å². The molecule has 1 aromatic carbocycles. The molecule has 0 spiro atoms. The highest BCUT2D eigenvalue weighted by atomic mass is 35.5. The van der Waals surface area contributed by atoms with Gasteiger partial charge in [-0.2, -0.15) is 4.98 Å². The molecule has 1 amide bonds. The van der Waals surface area contributed by atoms with Crippen molar-refractivity contribution < 1.29 is 19.1 Å². The van der Waals surface area contributed by atoms with Crippen LogP contribution in [0.4, 0.5) is 11.8 Å². The van der Waals surface area contributed by atoms with Gasteiger partial charge in [0, 0.05) is 36.7 Å². The van der Waals surface area contributed by atoms with Crippen molar-refractivity contribution in [2.45, 2.75) is 25.3 Å². The van der Waals surface area contributed by atoms with E-state index in [-0.39, 0.29) is 35.6 Å². The fourth-order valence-electron chi connectivity index (χ4n) is 4.59. The molecule has 4 N–H and O–H groups in total. The average molecular weight is 472 g/mol. The second kappa shape index (κ2) is 9.17. The SMILES string of the molecule is Nc1nc(Cl)c(-c2cc3cc(C(=O)N4CCOCC4)ccc3o2)c(N[C@H]2CC[C@@H](CO)C2)n1. The maximum absolute atomic E-state index is 12.9. The van der Waals surface area contributed by atoms with E-state index in [0.29, 0.717) is 54.6 Å². The average Bonchev–Trinajstić information content (AvgIpc) is 3.44. The predicted octanol–water partition coefficient (Wildman–Crippen LogP) is 3.17. The zero-order valence-electron chi connectivity index (χ0n) is 18.1. The number of nitrogens with zero attached hydrogens (tertiary/aromatic N) is 3. The van der Waals surface area contributed by atoms with Crippen molar-refractivity contribution in [2.75, 3.05) is 44.0 Å². The van der Waals surface area contributed by atoms with Crippen molar-refractivity contribution in [1.82, 2.24) is 14.9 Å². The fraction of sp³-hybridized carbons (Fsp3) is 0.435. The van der Waals surface area contributed by atoms with E-state index in [0.717, 1.165) is 24.6 Å². The molecule has 0 bridgehead atoms. The summed E-state index contributed by atoms with van der Waals surface area (Å²) in [6.07, 6.45) is 2.70. The lowest BCUT2D eigenvalue weighted by molar-refractivity contribution is 0.0303. The summed E-state index contributed by atoms with van der Waals surface area (Å²) in [5.41, 5.74) is 7.61. The van der Waals surface area contributed by atoms with Gasteiger partial charge in [0.1, 0.15) is 22.3 Å². The molecule has 3 aromatic rings. The van der Waals surface area contributed by atoms with Crippen LogP contribution in [-0.4, -0.2) is 64.8 Å². The van der Waals surface area contributed by atoms with E-state index in [1.54, 1.807) is 17.0 Å². The monoisotopic (exact) mass is 471 g/mol. The van der Waals surface area contributed by atoms with Crippen molar-refractivity contribution >= 4 is 40.2 Å². The molecular formula is C23H26ClN5O4. The molecule has 174 valence electrons. The summed E-state index contributed by atoms with van der Waals surface area (Å²) in [7, 11) is 0. The Hall–Kier alpha value is -2.88. The van der Waals surface area contributed by atoms with Gasteiger partial charge in [-0.25, -0.2) is 4.98 Å². The maximum Gasteiger partial charge on any atom is 0.254 e. The number of aliphatic hydroxyl groups is 1. The Morgan fingerprint density at radius 3 is 2.82 bits per heavy atom. The smallest absolute Gasteiger partial charge is 0.254 e. The van der Waals surface area contributed by atoms with Crippen LogP contribution >= 0.6 is 11.6 Å². The molecule has 1 saturated carbocycles. The minimum Gasteiger partial charge on any atom is -0.456 e. The number of morpholine rings is 1.